The van der Waals surface area contributed by atoms with E-state index in [1.165, 1.54) is 6.42 Å². The van der Waals surface area contributed by atoms with Gasteiger partial charge in [-0.25, -0.2) is 9.59 Å². The predicted molar refractivity (Wildman–Crippen MR) is 127 cm³/mol. The fourth-order valence-corrected chi connectivity index (χ4v) is 2.96. The lowest BCUT2D eigenvalue weighted by Gasteiger charge is -2.10. The number of ether oxygens (including phenoxy) is 3. The number of carbonyl (C=O) groups excluding carboxylic acids is 3. The quantitative estimate of drug-likeness (QED) is 0.199. The molecule has 0 fully saturated rings. The summed E-state index contributed by atoms with van der Waals surface area (Å²) >= 11 is 0. The van der Waals surface area contributed by atoms with Crippen molar-refractivity contribution in [2.75, 3.05) is 6.61 Å². The third-order valence-corrected chi connectivity index (χ3v) is 5.30. The van der Waals surface area contributed by atoms with Gasteiger partial charge >= 0.3 is 17.9 Å². The highest BCUT2D eigenvalue weighted by atomic mass is 16.5. The third kappa shape index (κ3) is 9.48. The highest BCUT2D eigenvalue weighted by Gasteiger charge is 2.13. The van der Waals surface area contributed by atoms with Crippen LogP contribution in [0.5, 0.6) is 11.5 Å². The zero-order valence-corrected chi connectivity index (χ0v) is 19.8. The zero-order valence-electron chi connectivity index (χ0n) is 19.8. The van der Waals surface area contributed by atoms with Gasteiger partial charge in [-0.1, -0.05) is 52.9 Å². The molecule has 6 nitrogen and oxygen atoms in total. The number of esters is 3. The van der Waals surface area contributed by atoms with E-state index < -0.39 is 11.9 Å². The van der Waals surface area contributed by atoms with E-state index in [-0.39, 0.29) is 5.97 Å². The van der Waals surface area contributed by atoms with Gasteiger partial charge in [0.25, 0.3) is 0 Å². The zero-order chi connectivity index (χ0) is 24.1. The molecule has 1 atom stereocenters. The highest BCUT2D eigenvalue weighted by Crippen LogP contribution is 2.18. The van der Waals surface area contributed by atoms with Crippen molar-refractivity contribution in [3.05, 3.63) is 59.7 Å². The first-order valence-electron chi connectivity index (χ1n) is 11.7. The summed E-state index contributed by atoms with van der Waals surface area (Å²) in [5.74, 6) is -0.207. The van der Waals surface area contributed by atoms with Gasteiger partial charge < -0.3 is 14.2 Å². The molecule has 0 aliphatic rings. The molecule has 2 rings (SSSR count). The molecule has 0 radical (unpaired) electrons. The van der Waals surface area contributed by atoms with Crippen LogP contribution >= 0.6 is 0 Å². The summed E-state index contributed by atoms with van der Waals surface area (Å²) in [4.78, 5) is 36.4. The van der Waals surface area contributed by atoms with Crippen molar-refractivity contribution in [3.8, 4) is 11.5 Å². The van der Waals surface area contributed by atoms with Crippen molar-refractivity contribution in [1.82, 2.24) is 0 Å². The van der Waals surface area contributed by atoms with Crippen LogP contribution in [0.25, 0.3) is 0 Å². The molecule has 178 valence electrons. The van der Waals surface area contributed by atoms with Gasteiger partial charge in [-0.05, 0) is 60.9 Å². The van der Waals surface area contributed by atoms with E-state index in [0.717, 1.165) is 32.1 Å². The molecule has 0 saturated carbocycles. The molecule has 0 spiro atoms. The molecule has 0 bridgehead atoms. The van der Waals surface area contributed by atoms with Crippen molar-refractivity contribution in [2.45, 2.75) is 65.7 Å². The van der Waals surface area contributed by atoms with E-state index in [0.29, 0.717) is 41.6 Å². The largest absolute Gasteiger partial charge is 0.462 e. The first-order chi connectivity index (χ1) is 15.9. The fraction of sp³-hybridized carbons (Fsp3) is 0.444. The number of carbonyl (C=O) groups is 3. The minimum Gasteiger partial charge on any atom is -0.462 e. The van der Waals surface area contributed by atoms with Crippen LogP contribution in [-0.4, -0.2) is 24.5 Å². The Morgan fingerprint density at radius 2 is 1.27 bits per heavy atom. The van der Waals surface area contributed by atoms with Gasteiger partial charge in [0.2, 0.25) is 0 Å². The number of hydrogen-bond acceptors (Lipinski definition) is 6. The lowest BCUT2D eigenvalue weighted by atomic mass is 10.1. The number of benzene rings is 2. The number of rotatable bonds is 13. The molecular formula is C27H34O6. The van der Waals surface area contributed by atoms with Gasteiger partial charge in [-0.2, -0.15) is 0 Å². The monoisotopic (exact) mass is 454 g/mol. The number of unbranched alkanes of at least 4 members (excludes halogenated alkanes) is 4. The minimum atomic E-state index is -0.545. The smallest absolute Gasteiger partial charge is 0.343 e. The molecule has 0 N–H and O–H groups in total. The first kappa shape index (κ1) is 26.1. The Bertz CT molecular complexity index is 886. The maximum absolute atomic E-state index is 12.4. The Labute approximate surface area is 196 Å². The van der Waals surface area contributed by atoms with Crippen molar-refractivity contribution in [2.24, 2.45) is 5.92 Å². The molecule has 0 aromatic heterocycles. The van der Waals surface area contributed by atoms with Crippen LogP contribution in [-0.2, 0) is 9.53 Å². The molecule has 2 aromatic rings. The molecule has 33 heavy (non-hydrogen) atoms. The SMILES string of the molecule is CCCCCCCC(=O)Oc1ccc(C(=O)Oc2ccc(C(=O)OCC(C)CC)cc2)cc1. The Morgan fingerprint density at radius 1 is 0.727 bits per heavy atom. The summed E-state index contributed by atoms with van der Waals surface area (Å²) < 4.78 is 15.9. The van der Waals surface area contributed by atoms with Crippen LogP contribution < -0.4 is 9.47 Å². The normalized spacial score (nSPS) is 11.5. The van der Waals surface area contributed by atoms with Gasteiger partial charge in [0.1, 0.15) is 11.5 Å². The van der Waals surface area contributed by atoms with Crippen LogP contribution in [0.3, 0.4) is 0 Å². The van der Waals surface area contributed by atoms with E-state index in [9.17, 15) is 14.4 Å². The average molecular weight is 455 g/mol. The van der Waals surface area contributed by atoms with Crippen molar-refractivity contribution < 1.29 is 28.6 Å². The molecule has 0 aliphatic heterocycles. The summed E-state index contributed by atoms with van der Waals surface area (Å²) in [6.07, 6.45) is 6.63. The predicted octanol–water partition coefficient (Wildman–Crippen LogP) is 6.37. The molecule has 1 unspecified atom stereocenters. The minimum absolute atomic E-state index is 0.274. The molecule has 0 saturated heterocycles. The second-order valence-corrected chi connectivity index (χ2v) is 8.19. The molecular weight excluding hydrogens is 420 g/mol. The van der Waals surface area contributed by atoms with Crippen LogP contribution in [0.2, 0.25) is 0 Å². The molecule has 0 aliphatic carbocycles. The van der Waals surface area contributed by atoms with Crippen molar-refractivity contribution in [1.29, 1.82) is 0 Å². The van der Waals surface area contributed by atoms with Crippen LogP contribution in [0, 0.1) is 5.92 Å². The molecule has 0 heterocycles. The molecule has 2 aromatic carbocycles. The molecule has 0 amide bonds. The van der Waals surface area contributed by atoms with Crippen LogP contribution in [0.1, 0.15) is 86.4 Å². The van der Waals surface area contributed by atoms with Gasteiger partial charge in [-0.3, -0.25) is 4.79 Å². The van der Waals surface area contributed by atoms with Crippen LogP contribution in [0.4, 0.5) is 0 Å². The Balaban J connectivity index is 1.81. The maximum Gasteiger partial charge on any atom is 0.343 e. The van der Waals surface area contributed by atoms with E-state index in [1.54, 1.807) is 48.5 Å². The van der Waals surface area contributed by atoms with Gasteiger partial charge in [-0.15, -0.1) is 0 Å². The Hall–Kier alpha value is -3.15. The third-order valence-electron chi connectivity index (χ3n) is 5.30. The molecule has 6 heteroatoms. The second kappa shape index (κ2) is 14.1. The lowest BCUT2D eigenvalue weighted by molar-refractivity contribution is -0.134. The summed E-state index contributed by atoms with van der Waals surface area (Å²) in [7, 11) is 0. The maximum atomic E-state index is 12.4. The average Bonchev–Trinajstić information content (AvgIpc) is 2.83. The van der Waals surface area contributed by atoms with E-state index in [4.69, 9.17) is 14.2 Å². The van der Waals surface area contributed by atoms with Gasteiger partial charge in [0, 0.05) is 6.42 Å². The Kier molecular flexibility index (Phi) is 11.1. The first-order valence-corrected chi connectivity index (χ1v) is 11.7. The summed E-state index contributed by atoms with van der Waals surface area (Å²) in [5, 5.41) is 0. The standard InChI is InChI=1S/C27H34O6/c1-4-6-7-8-9-10-25(28)32-23-15-13-22(14-16-23)27(30)33-24-17-11-21(12-18-24)26(29)31-19-20(3)5-2/h11-18,20H,4-10,19H2,1-3H3. The Morgan fingerprint density at radius 3 is 1.85 bits per heavy atom. The fourth-order valence-electron chi connectivity index (χ4n) is 2.96. The highest BCUT2D eigenvalue weighted by molar-refractivity contribution is 5.92. The topological polar surface area (TPSA) is 78.9 Å². The van der Waals surface area contributed by atoms with Gasteiger partial charge in [0.15, 0.2) is 0 Å². The van der Waals surface area contributed by atoms with Crippen molar-refractivity contribution >= 4 is 17.9 Å². The number of hydrogen-bond donors (Lipinski definition) is 0. The summed E-state index contributed by atoms with van der Waals surface area (Å²) in [5.41, 5.74) is 0.723. The summed E-state index contributed by atoms with van der Waals surface area (Å²) in [6.45, 7) is 6.58. The second-order valence-electron chi connectivity index (χ2n) is 8.19. The van der Waals surface area contributed by atoms with E-state index >= 15 is 0 Å². The van der Waals surface area contributed by atoms with E-state index in [1.807, 2.05) is 13.8 Å². The lowest BCUT2D eigenvalue weighted by Crippen LogP contribution is -2.12. The van der Waals surface area contributed by atoms with Gasteiger partial charge in [0.05, 0.1) is 17.7 Å². The van der Waals surface area contributed by atoms with Crippen molar-refractivity contribution in [3.63, 3.8) is 0 Å². The summed E-state index contributed by atoms with van der Waals surface area (Å²) in [6, 6.07) is 12.5. The van der Waals surface area contributed by atoms with Crippen LogP contribution in [0.15, 0.2) is 48.5 Å². The van der Waals surface area contributed by atoms with E-state index in [2.05, 4.69) is 6.92 Å².